The van der Waals surface area contributed by atoms with Gasteiger partial charge in [0.2, 0.25) is 0 Å². The third-order valence-electron chi connectivity index (χ3n) is 8.96. The van der Waals surface area contributed by atoms with Crippen molar-refractivity contribution < 1.29 is 9.15 Å². The van der Waals surface area contributed by atoms with Crippen LogP contribution < -0.4 is 4.74 Å². The average molecular weight is 559 g/mol. The van der Waals surface area contributed by atoms with Gasteiger partial charge in [-0.1, -0.05) is 105 Å². The molecule has 0 N–H and O–H groups in total. The third-order valence-corrected chi connectivity index (χ3v) is 10.1. The van der Waals surface area contributed by atoms with E-state index in [4.69, 9.17) is 9.15 Å². The molecule has 8 aromatic rings. The number of thiophene rings is 1. The molecule has 6 aromatic carbocycles. The zero-order valence-corrected chi connectivity index (χ0v) is 24.1. The van der Waals surface area contributed by atoms with Crippen LogP contribution in [0.15, 0.2) is 126 Å². The van der Waals surface area contributed by atoms with Crippen LogP contribution in [0.1, 0.15) is 25.0 Å². The number of ether oxygens (including phenoxy) is 1. The lowest BCUT2D eigenvalue weighted by molar-refractivity contribution is 0.418. The van der Waals surface area contributed by atoms with E-state index in [9.17, 15) is 0 Å². The van der Waals surface area contributed by atoms with Crippen LogP contribution in [0.3, 0.4) is 0 Å². The first kappa shape index (κ1) is 23.8. The molecule has 0 amide bonds. The minimum absolute atomic E-state index is 0.109. The second kappa shape index (κ2) is 8.58. The van der Waals surface area contributed by atoms with Gasteiger partial charge in [-0.05, 0) is 47.0 Å². The normalized spacial score (nSPS) is 13.9. The number of rotatable bonds is 2. The molecule has 42 heavy (non-hydrogen) atoms. The van der Waals surface area contributed by atoms with Gasteiger partial charge in [-0.25, -0.2) is 0 Å². The molecule has 1 aliphatic heterocycles. The van der Waals surface area contributed by atoms with Gasteiger partial charge in [-0.2, -0.15) is 0 Å². The summed E-state index contributed by atoms with van der Waals surface area (Å²) in [5.41, 5.74) is 8.88. The fourth-order valence-corrected chi connectivity index (χ4v) is 7.92. The van der Waals surface area contributed by atoms with Crippen molar-refractivity contribution in [2.75, 3.05) is 0 Å². The predicted octanol–water partition coefficient (Wildman–Crippen LogP) is 11.7. The number of benzene rings is 6. The molecule has 0 saturated carbocycles. The first-order valence-electron chi connectivity index (χ1n) is 14.3. The first-order chi connectivity index (χ1) is 20.5. The van der Waals surface area contributed by atoms with Crippen LogP contribution >= 0.6 is 11.3 Å². The van der Waals surface area contributed by atoms with Crippen LogP contribution in [0.5, 0.6) is 11.5 Å². The molecule has 200 valence electrons. The number of fused-ring (bicyclic) bond motifs is 8. The number of hydrogen-bond acceptors (Lipinski definition) is 3. The highest BCUT2D eigenvalue weighted by atomic mass is 32.1. The summed E-state index contributed by atoms with van der Waals surface area (Å²) in [6, 6.07) is 43.4. The zero-order chi connectivity index (χ0) is 28.0. The molecule has 0 saturated heterocycles. The Morgan fingerprint density at radius 2 is 1.19 bits per heavy atom. The van der Waals surface area contributed by atoms with Crippen molar-refractivity contribution in [3.8, 4) is 33.8 Å². The largest absolute Gasteiger partial charge is 0.457 e. The summed E-state index contributed by atoms with van der Waals surface area (Å²) in [7, 11) is 0. The lowest BCUT2D eigenvalue weighted by Gasteiger charge is -2.34. The Labute approximate surface area is 247 Å². The molecule has 2 aromatic heterocycles. The molecule has 0 radical (unpaired) electrons. The molecule has 0 bridgehead atoms. The van der Waals surface area contributed by atoms with E-state index in [1.54, 1.807) is 0 Å². The molecular formula is C39H26O2S. The number of para-hydroxylation sites is 3. The van der Waals surface area contributed by atoms with Gasteiger partial charge in [-0.3, -0.25) is 0 Å². The van der Waals surface area contributed by atoms with Gasteiger partial charge in [-0.15, -0.1) is 11.3 Å². The van der Waals surface area contributed by atoms with E-state index < -0.39 is 0 Å². The lowest BCUT2D eigenvalue weighted by Crippen LogP contribution is -2.24. The van der Waals surface area contributed by atoms with Crippen molar-refractivity contribution in [2.45, 2.75) is 19.3 Å². The molecule has 1 aliphatic rings. The standard InChI is InChI=1S/C39H26O2S/c1-39(2)31-11-4-6-13-34(31)40-35-20-23(16-19-32(35)39)24-14-17-28-29-18-15-25(22-37(29)42-36(28)21-24)26-9-7-10-30-27-8-3-5-12-33(27)41-38(26)30/h3-22H,1-2H3. The molecule has 0 aliphatic carbocycles. The van der Waals surface area contributed by atoms with Crippen LogP contribution in [0.25, 0.3) is 64.4 Å². The smallest absolute Gasteiger partial charge is 0.143 e. The zero-order valence-electron chi connectivity index (χ0n) is 23.3. The van der Waals surface area contributed by atoms with E-state index >= 15 is 0 Å². The van der Waals surface area contributed by atoms with Gasteiger partial charge in [0.05, 0.1) is 0 Å². The second-order valence-corrected chi connectivity index (χ2v) is 12.8. The van der Waals surface area contributed by atoms with Crippen molar-refractivity contribution in [2.24, 2.45) is 0 Å². The summed E-state index contributed by atoms with van der Waals surface area (Å²) in [6.07, 6.45) is 0. The van der Waals surface area contributed by atoms with Crippen molar-refractivity contribution >= 4 is 53.4 Å². The van der Waals surface area contributed by atoms with E-state index in [0.29, 0.717) is 0 Å². The van der Waals surface area contributed by atoms with E-state index in [-0.39, 0.29) is 5.41 Å². The molecule has 2 nitrogen and oxygen atoms in total. The molecule has 0 spiro atoms. The monoisotopic (exact) mass is 558 g/mol. The Kier molecular flexibility index (Phi) is 4.86. The Morgan fingerprint density at radius 3 is 2.07 bits per heavy atom. The average Bonchev–Trinajstić information content (AvgIpc) is 3.58. The van der Waals surface area contributed by atoms with E-state index in [1.165, 1.54) is 48.0 Å². The summed E-state index contributed by atoms with van der Waals surface area (Å²) >= 11 is 1.85. The summed E-state index contributed by atoms with van der Waals surface area (Å²) < 4.78 is 15.3. The SMILES string of the molecule is CC1(C)c2ccccc2Oc2cc(-c3ccc4c(c3)sc3cc(-c5cccc6c5oc5ccccc56)ccc34)ccc21. The maximum Gasteiger partial charge on any atom is 0.143 e. The first-order valence-corrected chi connectivity index (χ1v) is 15.2. The minimum Gasteiger partial charge on any atom is -0.457 e. The van der Waals surface area contributed by atoms with Crippen molar-refractivity contribution in [1.82, 2.24) is 0 Å². The van der Waals surface area contributed by atoms with Crippen LogP contribution in [0, 0.1) is 0 Å². The number of furan rings is 1. The fraction of sp³-hybridized carbons (Fsp3) is 0.0769. The maximum absolute atomic E-state index is 6.41. The van der Waals surface area contributed by atoms with Gasteiger partial charge in [0.15, 0.2) is 0 Å². The molecular weight excluding hydrogens is 532 g/mol. The Hall–Kier alpha value is -4.86. The molecule has 0 atom stereocenters. The second-order valence-electron chi connectivity index (χ2n) is 11.7. The van der Waals surface area contributed by atoms with E-state index in [1.807, 2.05) is 29.5 Å². The van der Waals surface area contributed by atoms with Crippen LogP contribution in [-0.2, 0) is 5.41 Å². The summed E-state index contributed by atoms with van der Waals surface area (Å²) in [5, 5.41) is 4.89. The van der Waals surface area contributed by atoms with Crippen molar-refractivity contribution in [3.63, 3.8) is 0 Å². The van der Waals surface area contributed by atoms with Crippen LogP contribution in [-0.4, -0.2) is 0 Å². The summed E-state index contributed by atoms with van der Waals surface area (Å²) in [4.78, 5) is 0. The third kappa shape index (κ3) is 3.38. The number of hydrogen-bond donors (Lipinski definition) is 0. The van der Waals surface area contributed by atoms with Crippen molar-refractivity contribution in [1.29, 1.82) is 0 Å². The molecule has 3 heterocycles. The van der Waals surface area contributed by atoms with Gasteiger partial charge in [0.1, 0.15) is 22.7 Å². The van der Waals surface area contributed by atoms with Gasteiger partial charge < -0.3 is 9.15 Å². The summed E-state index contributed by atoms with van der Waals surface area (Å²) in [6.45, 7) is 4.55. The molecule has 0 unspecified atom stereocenters. The van der Waals surface area contributed by atoms with Crippen LogP contribution in [0.4, 0.5) is 0 Å². The van der Waals surface area contributed by atoms with Gasteiger partial charge in [0.25, 0.3) is 0 Å². The highest BCUT2D eigenvalue weighted by Crippen LogP contribution is 2.49. The Morgan fingerprint density at radius 1 is 0.524 bits per heavy atom. The van der Waals surface area contributed by atoms with Crippen molar-refractivity contribution in [3.05, 3.63) is 132 Å². The molecule has 0 fully saturated rings. The minimum atomic E-state index is -0.109. The van der Waals surface area contributed by atoms with E-state index in [2.05, 4.69) is 117 Å². The van der Waals surface area contributed by atoms with Crippen LogP contribution in [0.2, 0.25) is 0 Å². The Balaban J connectivity index is 1.13. The fourth-order valence-electron chi connectivity index (χ4n) is 6.74. The maximum atomic E-state index is 6.41. The quantitative estimate of drug-likeness (QED) is 0.211. The van der Waals surface area contributed by atoms with E-state index in [0.717, 1.165) is 39.0 Å². The molecule has 9 rings (SSSR count). The predicted molar refractivity (Wildman–Crippen MR) is 176 cm³/mol. The highest BCUT2D eigenvalue weighted by Gasteiger charge is 2.34. The van der Waals surface area contributed by atoms with Gasteiger partial charge >= 0.3 is 0 Å². The topological polar surface area (TPSA) is 22.4 Å². The highest BCUT2D eigenvalue weighted by molar-refractivity contribution is 7.25. The lowest BCUT2D eigenvalue weighted by atomic mass is 9.75. The molecule has 3 heteroatoms. The summed E-state index contributed by atoms with van der Waals surface area (Å²) in [5.74, 6) is 1.89. The van der Waals surface area contributed by atoms with Gasteiger partial charge in [0, 0.05) is 53.1 Å². The Bertz CT molecular complexity index is 2370.